The molecule has 1 fully saturated rings. The average molecular weight is 387 g/mol. The van der Waals surface area contributed by atoms with Crippen LogP contribution in [0.2, 0.25) is 0 Å². The molecule has 1 unspecified atom stereocenters. The molecule has 1 saturated heterocycles. The average Bonchev–Trinajstić information content (AvgIpc) is 3.02. The van der Waals surface area contributed by atoms with E-state index in [0.717, 1.165) is 9.99 Å². The van der Waals surface area contributed by atoms with Crippen LogP contribution < -0.4 is 10.2 Å². The third-order valence-electron chi connectivity index (χ3n) is 4.42. The summed E-state index contributed by atoms with van der Waals surface area (Å²) in [4.78, 5) is 26.4. The minimum absolute atomic E-state index is 0.0427. The fraction of sp³-hybridized carbons (Fsp3) is 0.263. The van der Waals surface area contributed by atoms with Gasteiger partial charge in [-0.3, -0.25) is 9.59 Å². The van der Waals surface area contributed by atoms with Gasteiger partial charge in [0, 0.05) is 38.3 Å². The first-order valence-electron chi connectivity index (χ1n) is 8.48. The van der Waals surface area contributed by atoms with Crippen LogP contribution in [0.5, 0.6) is 0 Å². The molecule has 3 rings (SSSR count). The number of nitrogens with zero attached hydrogens (tertiary/aromatic N) is 2. The Labute approximate surface area is 158 Å². The summed E-state index contributed by atoms with van der Waals surface area (Å²) >= 11 is 0. The Morgan fingerprint density at radius 2 is 1.70 bits per heavy atom. The molecular formula is C19H21N3O4S. The van der Waals surface area contributed by atoms with E-state index < -0.39 is 10.0 Å². The van der Waals surface area contributed by atoms with E-state index >= 15 is 0 Å². The van der Waals surface area contributed by atoms with Gasteiger partial charge in [-0.25, -0.2) is 12.7 Å². The van der Waals surface area contributed by atoms with Gasteiger partial charge in [-0.1, -0.05) is 18.2 Å². The van der Waals surface area contributed by atoms with E-state index in [1.807, 2.05) is 30.3 Å². The molecule has 1 heterocycles. The van der Waals surface area contributed by atoms with Crippen LogP contribution in [0.25, 0.3) is 0 Å². The standard InChI is InChI=1S/C19H21N3O4S/c1-21(2)27(25,26)17-10-8-14(9-11-17)19(24)20-15-12-18(23)22(13-15)16-6-4-3-5-7-16/h3-11,15H,12-13H2,1-2H3,(H,20,24). The molecule has 2 aromatic carbocycles. The minimum Gasteiger partial charge on any atom is -0.347 e. The number of carbonyl (C=O) groups excluding carboxylic acids is 2. The van der Waals surface area contributed by atoms with Crippen molar-refractivity contribution < 1.29 is 18.0 Å². The number of hydrogen-bond acceptors (Lipinski definition) is 4. The first-order chi connectivity index (χ1) is 12.8. The molecule has 2 amide bonds. The van der Waals surface area contributed by atoms with Gasteiger partial charge in [-0.15, -0.1) is 0 Å². The zero-order chi connectivity index (χ0) is 19.6. The van der Waals surface area contributed by atoms with Crippen LogP contribution in [0.4, 0.5) is 5.69 Å². The Morgan fingerprint density at radius 1 is 1.07 bits per heavy atom. The first kappa shape index (κ1) is 19.1. The van der Waals surface area contributed by atoms with Gasteiger partial charge < -0.3 is 10.2 Å². The normalized spacial score (nSPS) is 17.4. The third kappa shape index (κ3) is 4.01. The zero-order valence-electron chi connectivity index (χ0n) is 15.1. The molecular weight excluding hydrogens is 366 g/mol. The molecule has 0 saturated carbocycles. The maximum atomic E-state index is 12.4. The Hall–Kier alpha value is -2.71. The SMILES string of the molecule is CN(C)S(=O)(=O)c1ccc(C(=O)NC2CC(=O)N(c3ccccc3)C2)cc1. The summed E-state index contributed by atoms with van der Waals surface area (Å²) in [5.41, 5.74) is 1.15. The van der Waals surface area contributed by atoms with E-state index in [1.165, 1.54) is 38.4 Å². The van der Waals surface area contributed by atoms with Crippen molar-refractivity contribution in [1.29, 1.82) is 0 Å². The van der Waals surface area contributed by atoms with E-state index in [9.17, 15) is 18.0 Å². The first-order valence-corrected chi connectivity index (χ1v) is 9.92. The van der Waals surface area contributed by atoms with Gasteiger partial charge in [-0.2, -0.15) is 0 Å². The number of rotatable bonds is 5. The van der Waals surface area contributed by atoms with Crippen molar-refractivity contribution in [2.75, 3.05) is 25.5 Å². The summed E-state index contributed by atoms with van der Waals surface area (Å²) in [6.45, 7) is 0.404. The number of sulfonamides is 1. The van der Waals surface area contributed by atoms with Crippen LogP contribution in [-0.2, 0) is 14.8 Å². The van der Waals surface area contributed by atoms with Crippen LogP contribution in [0.15, 0.2) is 59.5 Å². The predicted molar refractivity (Wildman–Crippen MR) is 102 cm³/mol. The number of amides is 2. The Kier molecular flexibility index (Phi) is 5.29. The summed E-state index contributed by atoms with van der Waals surface area (Å²) in [5.74, 6) is -0.379. The van der Waals surface area contributed by atoms with E-state index in [-0.39, 0.29) is 29.2 Å². The van der Waals surface area contributed by atoms with Crippen LogP contribution in [0, 0.1) is 0 Å². The number of benzene rings is 2. The summed E-state index contributed by atoms with van der Waals surface area (Å²) in [6.07, 6.45) is 0.230. The van der Waals surface area contributed by atoms with Crippen molar-refractivity contribution >= 4 is 27.5 Å². The zero-order valence-corrected chi connectivity index (χ0v) is 15.9. The van der Waals surface area contributed by atoms with Gasteiger partial charge in [-0.05, 0) is 36.4 Å². The van der Waals surface area contributed by atoms with E-state index in [0.29, 0.717) is 12.1 Å². The monoisotopic (exact) mass is 387 g/mol. The fourth-order valence-corrected chi connectivity index (χ4v) is 3.82. The van der Waals surface area contributed by atoms with Crippen molar-refractivity contribution in [3.8, 4) is 0 Å². The van der Waals surface area contributed by atoms with Gasteiger partial charge >= 0.3 is 0 Å². The molecule has 1 N–H and O–H groups in total. The highest BCUT2D eigenvalue weighted by Crippen LogP contribution is 2.21. The van der Waals surface area contributed by atoms with Crippen molar-refractivity contribution in [2.24, 2.45) is 0 Å². The highest BCUT2D eigenvalue weighted by atomic mass is 32.2. The fourth-order valence-electron chi connectivity index (χ4n) is 2.92. The molecule has 8 heteroatoms. The Bertz CT molecular complexity index is 941. The quantitative estimate of drug-likeness (QED) is 0.842. The lowest BCUT2D eigenvalue weighted by Gasteiger charge is -2.17. The molecule has 27 heavy (non-hydrogen) atoms. The Morgan fingerprint density at radius 3 is 2.30 bits per heavy atom. The lowest BCUT2D eigenvalue weighted by Crippen LogP contribution is -2.37. The smallest absolute Gasteiger partial charge is 0.251 e. The van der Waals surface area contributed by atoms with Crippen molar-refractivity contribution in [3.05, 3.63) is 60.2 Å². The highest BCUT2D eigenvalue weighted by Gasteiger charge is 2.31. The molecule has 0 spiro atoms. The summed E-state index contributed by atoms with van der Waals surface area (Å²) < 4.78 is 25.3. The van der Waals surface area contributed by atoms with Gasteiger partial charge in [0.15, 0.2) is 0 Å². The summed E-state index contributed by atoms with van der Waals surface area (Å²) in [6, 6.07) is 14.8. The molecule has 0 aromatic heterocycles. The number of para-hydroxylation sites is 1. The number of hydrogen-bond donors (Lipinski definition) is 1. The van der Waals surface area contributed by atoms with Crippen molar-refractivity contribution in [1.82, 2.24) is 9.62 Å². The molecule has 0 bridgehead atoms. The topological polar surface area (TPSA) is 86.8 Å². The maximum Gasteiger partial charge on any atom is 0.251 e. The highest BCUT2D eigenvalue weighted by molar-refractivity contribution is 7.89. The molecule has 2 aromatic rings. The molecule has 1 atom stereocenters. The second-order valence-electron chi connectivity index (χ2n) is 6.53. The van der Waals surface area contributed by atoms with Gasteiger partial charge in [0.2, 0.25) is 15.9 Å². The maximum absolute atomic E-state index is 12.4. The Balaban J connectivity index is 1.67. The number of carbonyl (C=O) groups is 2. The van der Waals surface area contributed by atoms with Crippen LogP contribution in [0.3, 0.4) is 0 Å². The number of nitrogens with one attached hydrogen (secondary N) is 1. The van der Waals surface area contributed by atoms with E-state index in [1.54, 1.807) is 4.90 Å². The summed E-state index contributed by atoms with van der Waals surface area (Å²) in [5, 5.41) is 2.84. The number of anilines is 1. The van der Waals surface area contributed by atoms with Gasteiger partial charge in [0.25, 0.3) is 5.91 Å². The molecule has 142 valence electrons. The second-order valence-corrected chi connectivity index (χ2v) is 8.68. The summed E-state index contributed by atoms with van der Waals surface area (Å²) in [7, 11) is -0.637. The molecule has 1 aliphatic heterocycles. The third-order valence-corrected chi connectivity index (χ3v) is 6.25. The van der Waals surface area contributed by atoms with Crippen molar-refractivity contribution in [2.45, 2.75) is 17.4 Å². The van der Waals surface area contributed by atoms with Crippen molar-refractivity contribution in [3.63, 3.8) is 0 Å². The van der Waals surface area contributed by atoms with E-state index in [4.69, 9.17) is 0 Å². The van der Waals surface area contributed by atoms with E-state index in [2.05, 4.69) is 5.32 Å². The van der Waals surface area contributed by atoms with Gasteiger partial charge in [0.1, 0.15) is 0 Å². The molecule has 1 aliphatic rings. The minimum atomic E-state index is -3.54. The molecule has 0 aliphatic carbocycles. The van der Waals surface area contributed by atoms with Crippen LogP contribution in [-0.4, -0.2) is 51.2 Å². The predicted octanol–water partition coefficient (Wildman–Crippen LogP) is 1.47. The van der Waals surface area contributed by atoms with Crippen LogP contribution >= 0.6 is 0 Å². The largest absolute Gasteiger partial charge is 0.347 e. The van der Waals surface area contributed by atoms with Crippen LogP contribution in [0.1, 0.15) is 16.8 Å². The lowest BCUT2D eigenvalue weighted by molar-refractivity contribution is -0.117. The lowest BCUT2D eigenvalue weighted by atomic mass is 10.2. The second kappa shape index (κ2) is 7.50. The molecule has 0 radical (unpaired) electrons. The van der Waals surface area contributed by atoms with Gasteiger partial charge in [0.05, 0.1) is 10.9 Å². The molecule has 7 nitrogen and oxygen atoms in total.